The quantitative estimate of drug-likeness (QED) is 0.919. The zero-order chi connectivity index (χ0) is 13.9. The standard InChI is InChI=1S/C16H15ClFNO/c17-12-7-11(8-13(18)9-12)10-19-15-5-6-20-16-4-2-1-3-14(15)16/h1-4,7-9,15,19H,5-6,10H2. The molecule has 0 amide bonds. The molecule has 1 atom stereocenters. The van der Waals surface area contributed by atoms with Gasteiger partial charge in [0.05, 0.1) is 6.61 Å². The molecule has 0 saturated carbocycles. The highest BCUT2D eigenvalue weighted by Gasteiger charge is 2.20. The molecule has 1 N–H and O–H groups in total. The van der Waals surface area contributed by atoms with Crippen LogP contribution < -0.4 is 10.1 Å². The van der Waals surface area contributed by atoms with E-state index in [4.69, 9.17) is 16.3 Å². The lowest BCUT2D eigenvalue weighted by molar-refractivity contribution is 0.252. The Kier molecular flexibility index (Phi) is 3.90. The van der Waals surface area contributed by atoms with E-state index in [1.807, 2.05) is 18.2 Å². The zero-order valence-electron chi connectivity index (χ0n) is 10.9. The highest BCUT2D eigenvalue weighted by Crippen LogP contribution is 2.31. The van der Waals surface area contributed by atoms with Crippen molar-refractivity contribution in [3.8, 4) is 5.75 Å². The zero-order valence-corrected chi connectivity index (χ0v) is 11.7. The fourth-order valence-corrected chi connectivity index (χ4v) is 2.75. The number of rotatable bonds is 3. The first kappa shape index (κ1) is 13.4. The van der Waals surface area contributed by atoms with Crippen LogP contribution in [0.2, 0.25) is 5.02 Å². The van der Waals surface area contributed by atoms with Gasteiger partial charge in [0.25, 0.3) is 0 Å². The Labute approximate surface area is 122 Å². The summed E-state index contributed by atoms with van der Waals surface area (Å²) in [7, 11) is 0. The summed E-state index contributed by atoms with van der Waals surface area (Å²) in [6.07, 6.45) is 0.903. The molecule has 104 valence electrons. The van der Waals surface area contributed by atoms with Crippen LogP contribution in [0.1, 0.15) is 23.6 Å². The van der Waals surface area contributed by atoms with Crippen LogP contribution >= 0.6 is 11.6 Å². The number of benzene rings is 2. The third kappa shape index (κ3) is 2.94. The van der Waals surface area contributed by atoms with Gasteiger partial charge in [0.2, 0.25) is 0 Å². The molecule has 4 heteroatoms. The van der Waals surface area contributed by atoms with Gasteiger partial charge < -0.3 is 10.1 Å². The van der Waals surface area contributed by atoms with Crippen molar-refractivity contribution in [3.63, 3.8) is 0 Å². The summed E-state index contributed by atoms with van der Waals surface area (Å²) in [5, 5.41) is 3.87. The Balaban J connectivity index is 1.73. The molecule has 20 heavy (non-hydrogen) atoms. The fourth-order valence-electron chi connectivity index (χ4n) is 2.51. The maximum absolute atomic E-state index is 13.3. The normalized spacial score (nSPS) is 17.4. The summed E-state index contributed by atoms with van der Waals surface area (Å²) < 4.78 is 18.9. The maximum Gasteiger partial charge on any atom is 0.125 e. The van der Waals surface area contributed by atoms with Gasteiger partial charge in [-0.25, -0.2) is 4.39 Å². The molecule has 1 heterocycles. The van der Waals surface area contributed by atoms with E-state index in [9.17, 15) is 4.39 Å². The van der Waals surface area contributed by atoms with Crippen molar-refractivity contribution < 1.29 is 9.13 Å². The number of hydrogen-bond donors (Lipinski definition) is 1. The average Bonchev–Trinajstić information content (AvgIpc) is 2.44. The summed E-state index contributed by atoms with van der Waals surface area (Å²) in [5.41, 5.74) is 2.00. The van der Waals surface area contributed by atoms with Gasteiger partial charge in [-0.2, -0.15) is 0 Å². The molecule has 0 spiro atoms. The van der Waals surface area contributed by atoms with E-state index in [-0.39, 0.29) is 11.9 Å². The summed E-state index contributed by atoms with van der Waals surface area (Å²) in [6.45, 7) is 1.27. The van der Waals surface area contributed by atoms with Crippen LogP contribution in [-0.4, -0.2) is 6.61 Å². The molecule has 2 aromatic rings. The molecule has 0 bridgehead atoms. The molecule has 2 nitrogen and oxygen atoms in total. The van der Waals surface area contributed by atoms with Crippen molar-refractivity contribution in [3.05, 3.63) is 64.4 Å². The number of nitrogens with one attached hydrogen (secondary N) is 1. The number of halogens is 2. The smallest absolute Gasteiger partial charge is 0.125 e. The van der Waals surface area contributed by atoms with Crippen LogP contribution in [0.25, 0.3) is 0 Å². The second kappa shape index (κ2) is 5.81. The van der Waals surface area contributed by atoms with Crippen LogP contribution in [-0.2, 0) is 6.54 Å². The number of ether oxygens (including phenoxy) is 1. The lowest BCUT2D eigenvalue weighted by Gasteiger charge is -2.26. The summed E-state index contributed by atoms with van der Waals surface area (Å²) in [6, 6.07) is 12.8. The summed E-state index contributed by atoms with van der Waals surface area (Å²) in [4.78, 5) is 0. The predicted octanol–water partition coefficient (Wildman–Crippen LogP) is 4.09. The van der Waals surface area contributed by atoms with Crippen molar-refractivity contribution >= 4 is 11.6 Å². The van der Waals surface area contributed by atoms with Crippen LogP contribution in [0.15, 0.2) is 42.5 Å². The molecule has 0 saturated heterocycles. The highest BCUT2D eigenvalue weighted by molar-refractivity contribution is 6.30. The Morgan fingerprint density at radius 2 is 2.10 bits per heavy atom. The van der Waals surface area contributed by atoms with E-state index < -0.39 is 0 Å². The van der Waals surface area contributed by atoms with Gasteiger partial charge >= 0.3 is 0 Å². The summed E-state index contributed by atoms with van der Waals surface area (Å²) in [5.74, 6) is 0.621. The van der Waals surface area contributed by atoms with E-state index in [1.165, 1.54) is 12.1 Å². The Morgan fingerprint density at radius 3 is 2.95 bits per heavy atom. The van der Waals surface area contributed by atoms with Crippen LogP contribution in [0.4, 0.5) is 4.39 Å². The molecule has 2 aromatic carbocycles. The van der Waals surface area contributed by atoms with Crippen molar-refractivity contribution in [2.45, 2.75) is 19.0 Å². The molecular formula is C16H15ClFNO. The molecule has 1 unspecified atom stereocenters. The van der Waals surface area contributed by atoms with Gasteiger partial charge in [0.15, 0.2) is 0 Å². The van der Waals surface area contributed by atoms with Crippen molar-refractivity contribution in [1.29, 1.82) is 0 Å². The van der Waals surface area contributed by atoms with Crippen LogP contribution in [0.5, 0.6) is 5.75 Å². The van der Waals surface area contributed by atoms with Gasteiger partial charge in [0.1, 0.15) is 11.6 Å². The molecule has 0 aromatic heterocycles. The van der Waals surface area contributed by atoms with Gasteiger partial charge in [-0.3, -0.25) is 0 Å². The van der Waals surface area contributed by atoms with E-state index >= 15 is 0 Å². The van der Waals surface area contributed by atoms with Gasteiger partial charge in [0, 0.05) is 29.6 Å². The first-order valence-corrected chi connectivity index (χ1v) is 7.00. The fraction of sp³-hybridized carbons (Fsp3) is 0.250. The molecule has 0 fully saturated rings. The number of para-hydroxylation sites is 1. The minimum atomic E-state index is -0.304. The van der Waals surface area contributed by atoms with Crippen LogP contribution in [0, 0.1) is 5.82 Å². The lowest BCUT2D eigenvalue weighted by Crippen LogP contribution is -2.26. The first-order valence-electron chi connectivity index (χ1n) is 6.62. The lowest BCUT2D eigenvalue weighted by atomic mass is 10.0. The molecular weight excluding hydrogens is 277 g/mol. The monoisotopic (exact) mass is 291 g/mol. The second-order valence-electron chi connectivity index (χ2n) is 4.89. The highest BCUT2D eigenvalue weighted by atomic mass is 35.5. The number of hydrogen-bond acceptors (Lipinski definition) is 2. The largest absolute Gasteiger partial charge is 0.493 e. The van der Waals surface area contributed by atoms with Gasteiger partial charge in [-0.15, -0.1) is 0 Å². The second-order valence-corrected chi connectivity index (χ2v) is 5.32. The summed E-state index contributed by atoms with van der Waals surface area (Å²) >= 11 is 5.86. The molecule has 0 aliphatic carbocycles. The molecule has 0 radical (unpaired) electrons. The van der Waals surface area contributed by atoms with E-state index in [2.05, 4.69) is 11.4 Å². The van der Waals surface area contributed by atoms with Gasteiger partial charge in [-0.05, 0) is 29.8 Å². The van der Waals surface area contributed by atoms with Gasteiger partial charge in [-0.1, -0.05) is 29.8 Å². The Hall–Kier alpha value is -1.58. The third-order valence-electron chi connectivity index (χ3n) is 3.43. The minimum absolute atomic E-state index is 0.224. The average molecular weight is 292 g/mol. The predicted molar refractivity (Wildman–Crippen MR) is 77.5 cm³/mol. The van der Waals surface area contributed by atoms with Crippen molar-refractivity contribution in [1.82, 2.24) is 5.32 Å². The SMILES string of the molecule is Fc1cc(Cl)cc(CNC2CCOc3ccccc32)c1. The van der Waals surface area contributed by atoms with E-state index in [0.29, 0.717) is 18.2 Å². The molecule has 1 aliphatic heterocycles. The first-order chi connectivity index (χ1) is 9.72. The topological polar surface area (TPSA) is 21.3 Å². The maximum atomic E-state index is 13.3. The van der Waals surface area contributed by atoms with E-state index in [0.717, 1.165) is 23.3 Å². The van der Waals surface area contributed by atoms with Crippen LogP contribution in [0.3, 0.4) is 0 Å². The third-order valence-corrected chi connectivity index (χ3v) is 3.65. The molecule has 3 rings (SSSR count). The Bertz CT molecular complexity index is 597. The minimum Gasteiger partial charge on any atom is -0.493 e. The van der Waals surface area contributed by atoms with E-state index in [1.54, 1.807) is 6.07 Å². The molecule has 1 aliphatic rings. The number of fused-ring (bicyclic) bond motifs is 1. The van der Waals surface area contributed by atoms with Crippen molar-refractivity contribution in [2.75, 3.05) is 6.61 Å². The van der Waals surface area contributed by atoms with Crippen molar-refractivity contribution in [2.24, 2.45) is 0 Å². The Morgan fingerprint density at radius 1 is 1.25 bits per heavy atom.